The smallest absolute Gasteiger partial charge is 0.433 e. The molecule has 27 heavy (non-hydrogen) atoms. The van der Waals surface area contributed by atoms with Gasteiger partial charge in [0.1, 0.15) is 16.4 Å². The number of furan rings is 1. The predicted molar refractivity (Wildman–Crippen MR) is 98.0 cm³/mol. The van der Waals surface area contributed by atoms with Crippen LogP contribution in [0.3, 0.4) is 0 Å². The molecule has 1 aliphatic carbocycles. The molecule has 0 radical (unpaired) electrons. The molecule has 3 aromatic rings. The van der Waals surface area contributed by atoms with E-state index < -0.39 is 4.92 Å². The van der Waals surface area contributed by atoms with Gasteiger partial charge >= 0.3 is 5.88 Å². The molecule has 2 aromatic heterocycles. The molecule has 138 valence electrons. The summed E-state index contributed by atoms with van der Waals surface area (Å²) in [5.74, 6) is -0.291. The lowest BCUT2D eigenvalue weighted by atomic mass is 10.1. The van der Waals surface area contributed by atoms with Crippen LogP contribution in [0.1, 0.15) is 18.6 Å². The van der Waals surface area contributed by atoms with E-state index in [1.165, 1.54) is 41.8 Å². The first-order valence-electron chi connectivity index (χ1n) is 8.06. The lowest BCUT2D eigenvalue weighted by molar-refractivity contribution is -0.402. The van der Waals surface area contributed by atoms with E-state index in [1.54, 1.807) is 16.1 Å². The minimum atomic E-state index is -0.622. The third-order valence-corrected chi connectivity index (χ3v) is 4.71. The second-order valence-electron chi connectivity index (χ2n) is 5.95. The Morgan fingerprint density at radius 3 is 2.78 bits per heavy atom. The molecular weight excluding hydrogens is 372 g/mol. The molecule has 0 amide bonds. The molecule has 4 rings (SSSR count). The highest BCUT2D eigenvalue weighted by atomic mass is 32.1. The van der Waals surface area contributed by atoms with Crippen LogP contribution in [0.15, 0.2) is 50.2 Å². The van der Waals surface area contributed by atoms with E-state index in [-0.39, 0.29) is 29.2 Å². The number of nitrogens with zero attached hydrogens (tertiary/aromatic N) is 4. The van der Waals surface area contributed by atoms with Crippen molar-refractivity contribution in [1.82, 2.24) is 4.68 Å². The first kappa shape index (κ1) is 17.0. The first-order valence-corrected chi connectivity index (χ1v) is 8.94. The molecule has 0 unspecified atom stereocenters. The number of aromatic nitrogens is 1. The summed E-state index contributed by atoms with van der Waals surface area (Å²) in [5.41, 5.74) is 1.05. The van der Waals surface area contributed by atoms with Crippen molar-refractivity contribution in [3.8, 4) is 22.8 Å². The number of aromatic hydroxyl groups is 2. The maximum Gasteiger partial charge on any atom is 0.433 e. The van der Waals surface area contributed by atoms with Crippen LogP contribution in [-0.4, -0.2) is 32.1 Å². The van der Waals surface area contributed by atoms with Gasteiger partial charge in [0.25, 0.3) is 0 Å². The van der Waals surface area contributed by atoms with Crippen molar-refractivity contribution >= 4 is 23.4 Å². The molecule has 2 heterocycles. The number of phenolic OH excluding ortho intramolecular Hbond substituents is 2. The number of thiazole rings is 1. The standard InChI is InChI=1S/C17H14N4O5S/c22-11-3-5-13(15(23)7-11)14-9-27-17(19-10-1-2-10)20(14)18-8-12-4-6-16(26-12)21(24)25/h3-10,22-23H,1-2H2/b18-8+,19-17?. The van der Waals surface area contributed by atoms with Crippen LogP contribution < -0.4 is 4.80 Å². The largest absolute Gasteiger partial charge is 0.508 e. The molecule has 1 aliphatic rings. The normalized spacial score (nSPS) is 14.9. The van der Waals surface area contributed by atoms with Crippen LogP contribution in [0.4, 0.5) is 5.88 Å². The maximum absolute atomic E-state index is 10.7. The average Bonchev–Trinajstić information content (AvgIpc) is 3.15. The molecule has 10 heteroatoms. The van der Waals surface area contributed by atoms with Gasteiger partial charge in [-0.2, -0.15) is 5.10 Å². The van der Waals surface area contributed by atoms with Gasteiger partial charge < -0.3 is 14.6 Å². The second kappa shape index (κ2) is 6.72. The van der Waals surface area contributed by atoms with E-state index >= 15 is 0 Å². The number of rotatable bonds is 5. The highest BCUT2D eigenvalue weighted by Crippen LogP contribution is 2.32. The first-order chi connectivity index (χ1) is 13.0. The highest BCUT2D eigenvalue weighted by Gasteiger charge is 2.21. The zero-order valence-corrected chi connectivity index (χ0v) is 14.7. The Balaban J connectivity index is 1.78. The van der Waals surface area contributed by atoms with E-state index in [0.29, 0.717) is 16.1 Å². The lowest BCUT2D eigenvalue weighted by Gasteiger charge is -2.06. The maximum atomic E-state index is 10.7. The Morgan fingerprint density at radius 2 is 2.11 bits per heavy atom. The van der Waals surface area contributed by atoms with Crippen molar-refractivity contribution < 1.29 is 19.6 Å². The fourth-order valence-corrected chi connectivity index (χ4v) is 3.31. The highest BCUT2D eigenvalue weighted by molar-refractivity contribution is 7.07. The molecule has 9 nitrogen and oxygen atoms in total. The minimum absolute atomic E-state index is 0.0488. The van der Waals surface area contributed by atoms with Crippen molar-refractivity contribution in [2.75, 3.05) is 0 Å². The van der Waals surface area contributed by atoms with Gasteiger partial charge in [-0.15, -0.1) is 11.3 Å². The molecule has 1 saturated carbocycles. The summed E-state index contributed by atoms with van der Waals surface area (Å²) < 4.78 is 6.64. The third kappa shape index (κ3) is 3.60. The van der Waals surface area contributed by atoms with Crippen molar-refractivity contribution in [2.45, 2.75) is 18.9 Å². The van der Waals surface area contributed by atoms with Crippen LogP contribution in [0, 0.1) is 10.1 Å². The number of benzene rings is 1. The average molecular weight is 386 g/mol. The van der Waals surface area contributed by atoms with E-state index in [4.69, 9.17) is 4.42 Å². The van der Waals surface area contributed by atoms with Gasteiger partial charge in [-0.25, -0.2) is 4.68 Å². The van der Waals surface area contributed by atoms with Crippen molar-refractivity contribution in [1.29, 1.82) is 0 Å². The summed E-state index contributed by atoms with van der Waals surface area (Å²) in [6.45, 7) is 0. The number of nitro groups is 1. The van der Waals surface area contributed by atoms with Gasteiger partial charge in [0.05, 0.1) is 24.0 Å². The van der Waals surface area contributed by atoms with Gasteiger partial charge in [-0.3, -0.25) is 15.1 Å². The van der Waals surface area contributed by atoms with Crippen LogP contribution in [0.2, 0.25) is 0 Å². The van der Waals surface area contributed by atoms with Crippen molar-refractivity contribution in [3.63, 3.8) is 0 Å². The second-order valence-corrected chi connectivity index (χ2v) is 6.79. The zero-order chi connectivity index (χ0) is 19.0. The summed E-state index contributed by atoms with van der Waals surface area (Å²) in [7, 11) is 0. The van der Waals surface area contributed by atoms with E-state index in [0.717, 1.165) is 12.8 Å². The summed E-state index contributed by atoms with van der Waals surface area (Å²) in [6, 6.07) is 7.25. The van der Waals surface area contributed by atoms with Gasteiger partial charge in [-0.1, -0.05) is 0 Å². The van der Waals surface area contributed by atoms with E-state index in [1.807, 2.05) is 0 Å². The Morgan fingerprint density at radius 1 is 1.30 bits per heavy atom. The number of hydrogen-bond donors (Lipinski definition) is 2. The Hall–Kier alpha value is -3.40. The summed E-state index contributed by atoms with van der Waals surface area (Å²) in [6.07, 6.45) is 3.39. The van der Waals surface area contributed by atoms with Crippen LogP contribution in [-0.2, 0) is 0 Å². The summed E-state index contributed by atoms with van der Waals surface area (Å²) >= 11 is 1.37. The Labute approximate surface area is 156 Å². The molecule has 1 fully saturated rings. The monoisotopic (exact) mass is 386 g/mol. The van der Waals surface area contributed by atoms with Gasteiger partial charge in [0.15, 0.2) is 5.76 Å². The van der Waals surface area contributed by atoms with E-state index in [9.17, 15) is 20.3 Å². The molecule has 0 atom stereocenters. The van der Waals surface area contributed by atoms with Crippen LogP contribution in [0.25, 0.3) is 11.3 Å². The lowest BCUT2D eigenvalue weighted by Crippen LogP contribution is -2.13. The molecule has 1 aromatic carbocycles. The molecule has 2 N–H and O–H groups in total. The third-order valence-electron chi connectivity index (χ3n) is 3.88. The van der Waals surface area contributed by atoms with Gasteiger partial charge in [0, 0.05) is 17.0 Å². The number of phenols is 2. The molecular formula is C17H14N4O5S. The van der Waals surface area contributed by atoms with E-state index in [2.05, 4.69) is 10.1 Å². The number of hydrogen-bond acceptors (Lipinski definition) is 8. The fourth-order valence-electron chi connectivity index (χ4n) is 2.41. The quantitative estimate of drug-likeness (QED) is 0.396. The molecule has 0 bridgehead atoms. The molecule has 0 spiro atoms. The molecule has 0 aliphatic heterocycles. The summed E-state index contributed by atoms with van der Waals surface area (Å²) in [5, 5.41) is 36.6. The zero-order valence-electron chi connectivity index (χ0n) is 13.8. The van der Waals surface area contributed by atoms with Crippen molar-refractivity contribution in [2.24, 2.45) is 10.1 Å². The summed E-state index contributed by atoms with van der Waals surface area (Å²) in [4.78, 5) is 15.4. The molecule has 0 saturated heterocycles. The fraction of sp³-hybridized carbons (Fsp3) is 0.176. The Kier molecular flexibility index (Phi) is 4.24. The van der Waals surface area contributed by atoms with Gasteiger partial charge in [0.2, 0.25) is 4.80 Å². The van der Waals surface area contributed by atoms with Crippen LogP contribution >= 0.6 is 11.3 Å². The van der Waals surface area contributed by atoms with Gasteiger partial charge in [-0.05, 0) is 31.0 Å². The van der Waals surface area contributed by atoms with Crippen molar-refractivity contribution in [3.05, 3.63) is 56.4 Å². The SMILES string of the molecule is O=[N+]([O-])c1ccc(/C=N/n2c(-c3ccc(O)cc3O)csc2=NC2CC2)o1. The minimum Gasteiger partial charge on any atom is -0.508 e. The topological polar surface area (TPSA) is 126 Å². The Bertz CT molecular complexity index is 1110. The predicted octanol–water partition coefficient (Wildman–Crippen LogP) is 3.07. The van der Waals surface area contributed by atoms with Crippen LogP contribution in [0.5, 0.6) is 11.5 Å².